The standard InChI is InChI=1S/C15H19N3O3/c1-3-18-8(2)11(7-16-18)17-14(19)12-9-4-5-10(6-9)13(12)15(20)21/h4-5,7,9-10,12-13H,3,6H2,1-2H3,(H,17,19)(H,20,21)/t9-,10-,12+,13+/m0/s1. The molecule has 0 radical (unpaired) electrons. The number of carboxylic acids is 1. The third kappa shape index (κ3) is 2.14. The van der Waals surface area contributed by atoms with Crippen LogP contribution in [0.1, 0.15) is 19.0 Å². The average molecular weight is 289 g/mol. The van der Waals surface area contributed by atoms with Crippen molar-refractivity contribution in [1.29, 1.82) is 0 Å². The van der Waals surface area contributed by atoms with E-state index in [4.69, 9.17) is 0 Å². The second-order valence-electron chi connectivity index (χ2n) is 5.79. The van der Waals surface area contributed by atoms with Gasteiger partial charge < -0.3 is 10.4 Å². The van der Waals surface area contributed by atoms with E-state index in [-0.39, 0.29) is 17.7 Å². The Balaban J connectivity index is 1.80. The summed E-state index contributed by atoms with van der Waals surface area (Å²) in [5, 5.41) is 16.4. The van der Waals surface area contributed by atoms with Crippen LogP contribution >= 0.6 is 0 Å². The number of aromatic nitrogens is 2. The molecule has 1 fully saturated rings. The average Bonchev–Trinajstić information content (AvgIpc) is 3.13. The van der Waals surface area contributed by atoms with Crippen LogP contribution in [0.15, 0.2) is 18.3 Å². The Labute approximate surface area is 122 Å². The molecule has 4 atom stereocenters. The maximum atomic E-state index is 12.5. The number of rotatable bonds is 4. The predicted molar refractivity (Wildman–Crippen MR) is 76.6 cm³/mol. The Kier molecular flexibility index (Phi) is 3.31. The van der Waals surface area contributed by atoms with Gasteiger partial charge in [0, 0.05) is 6.54 Å². The fraction of sp³-hybridized carbons (Fsp3) is 0.533. The Morgan fingerprint density at radius 3 is 2.62 bits per heavy atom. The fourth-order valence-electron chi connectivity index (χ4n) is 3.62. The number of hydrogen-bond acceptors (Lipinski definition) is 3. The first kappa shape index (κ1) is 13.9. The number of nitrogens with zero attached hydrogens (tertiary/aromatic N) is 2. The van der Waals surface area contributed by atoms with Gasteiger partial charge in [0.25, 0.3) is 0 Å². The van der Waals surface area contributed by atoms with Crippen LogP contribution in [0.3, 0.4) is 0 Å². The highest BCUT2D eigenvalue weighted by molar-refractivity contribution is 5.96. The minimum Gasteiger partial charge on any atom is -0.481 e. The molecule has 112 valence electrons. The Bertz CT molecular complexity index is 620. The van der Waals surface area contributed by atoms with Gasteiger partial charge in [-0.1, -0.05) is 12.2 Å². The van der Waals surface area contributed by atoms with E-state index in [9.17, 15) is 14.7 Å². The van der Waals surface area contributed by atoms with Crippen molar-refractivity contribution in [1.82, 2.24) is 9.78 Å². The quantitative estimate of drug-likeness (QED) is 0.826. The van der Waals surface area contributed by atoms with Gasteiger partial charge in [0.15, 0.2) is 0 Å². The number of carbonyl (C=O) groups is 2. The van der Waals surface area contributed by atoms with Gasteiger partial charge in [-0.05, 0) is 32.1 Å². The summed E-state index contributed by atoms with van der Waals surface area (Å²) in [5.41, 5.74) is 1.55. The molecular formula is C15H19N3O3. The number of carbonyl (C=O) groups excluding carboxylic acids is 1. The van der Waals surface area contributed by atoms with Crippen LogP contribution in [0.25, 0.3) is 0 Å². The van der Waals surface area contributed by atoms with Gasteiger partial charge in [-0.3, -0.25) is 14.3 Å². The summed E-state index contributed by atoms with van der Waals surface area (Å²) >= 11 is 0. The molecule has 1 aromatic heterocycles. The van der Waals surface area contributed by atoms with Crippen molar-refractivity contribution in [3.63, 3.8) is 0 Å². The number of fused-ring (bicyclic) bond motifs is 2. The molecule has 2 bridgehead atoms. The molecule has 1 saturated carbocycles. The summed E-state index contributed by atoms with van der Waals surface area (Å²) in [6.07, 6.45) is 6.31. The molecule has 0 saturated heterocycles. The number of aliphatic carboxylic acids is 1. The van der Waals surface area contributed by atoms with Crippen LogP contribution in [-0.2, 0) is 16.1 Å². The van der Waals surface area contributed by atoms with E-state index >= 15 is 0 Å². The minimum absolute atomic E-state index is 0.0114. The Hall–Kier alpha value is -2.11. The monoisotopic (exact) mass is 289 g/mol. The summed E-state index contributed by atoms with van der Waals surface area (Å²) in [7, 11) is 0. The first-order chi connectivity index (χ1) is 10.0. The summed E-state index contributed by atoms with van der Waals surface area (Å²) in [6, 6.07) is 0. The molecule has 0 spiro atoms. The molecule has 3 rings (SSSR count). The van der Waals surface area contributed by atoms with E-state index in [1.807, 2.05) is 26.0 Å². The third-order valence-electron chi connectivity index (χ3n) is 4.71. The predicted octanol–water partition coefficient (Wildman–Crippen LogP) is 1.67. The summed E-state index contributed by atoms with van der Waals surface area (Å²) in [5.74, 6) is -2.16. The van der Waals surface area contributed by atoms with Gasteiger partial charge >= 0.3 is 5.97 Å². The molecule has 6 nitrogen and oxygen atoms in total. The SMILES string of the molecule is CCn1ncc(NC(=O)[C@H]2[C@H](C(=O)O)[C@H]3C=C[C@H]2C3)c1C. The van der Waals surface area contributed by atoms with Crippen molar-refractivity contribution in [2.45, 2.75) is 26.8 Å². The van der Waals surface area contributed by atoms with Gasteiger partial charge in [0.05, 0.1) is 29.4 Å². The van der Waals surface area contributed by atoms with Gasteiger partial charge in [0.1, 0.15) is 0 Å². The Morgan fingerprint density at radius 2 is 2.05 bits per heavy atom. The molecule has 2 aliphatic carbocycles. The van der Waals surface area contributed by atoms with Gasteiger partial charge in [-0.25, -0.2) is 0 Å². The first-order valence-electron chi connectivity index (χ1n) is 7.27. The van der Waals surface area contributed by atoms with E-state index in [0.29, 0.717) is 5.69 Å². The van der Waals surface area contributed by atoms with E-state index in [0.717, 1.165) is 18.7 Å². The van der Waals surface area contributed by atoms with Crippen LogP contribution in [-0.4, -0.2) is 26.8 Å². The molecule has 1 aromatic rings. The number of allylic oxidation sites excluding steroid dienone is 2. The highest BCUT2D eigenvalue weighted by atomic mass is 16.4. The van der Waals surface area contributed by atoms with Crippen molar-refractivity contribution in [3.8, 4) is 0 Å². The molecule has 2 N–H and O–H groups in total. The highest BCUT2D eigenvalue weighted by Gasteiger charge is 2.51. The number of aryl methyl sites for hydroxylation is 1. The summed E-state index contributed by atoms with van der Waals surface area (Å²) in [6.45, 7) is 4.60. The van der Waals surface area contributed by atoms with Gasteiger partial charge in [0.2, 0.25) is 5.91 Å². The number of carboxylic acid groups (broad SMARTS) is 1. The lowest BCUT2D eigenvalue weighted by Gasteiger charge is -2.23. The van der Waals surface area contributed by atoms with Gasteiger partial charge in [-0.15, -0.1) is 0 Å². The van der Waals surface area contributed by atoms with Crippen LogP contribution in [0, 0.1) is 30.6 Å². The molecular weight excluding hydrogens is 270 g/mol. The first-order valence-corrected chi connectivity index (χ1v) is 7.27. The zero-order valence-electron chi connectivity index (χ0n) is 12.1. The lowest BCUT2D eigenvalue weighted by molar-refractivity contribution is -0.146. The molecule has 0 unspecified atom stereocenters. The van der Waals surface area contributed by atoms with Crippen LogP contribution in [0.2, 0.25) is 0 Å². The number of nitrogens with one attached hydrogen (secondary N) is 1. The van der Waals surface area contributed by atoms with Crippen LogP contribution in [0.4, 0.5) is 5.69 Å². The number of amides is 1. The van der Waals surface area contributed by atoms with E-state index in [1.54, 1.807) is 10.9 Å². The minimum atomic E-state index is -0.882. The third-order valence-corrected chi connectivity index (χ3v) is 4.71. The Morgan fingerprint density at radius 1 is 1.38 bits per heavy atom. The lowest BCUT2D eigenvalue weighted by atomic mass is 9.82. The van der Waals surface area contributed by atoms with Crippen molar-refractivity contribution in [2.75, 3.05) is 5.32 Å². The van der Waals surface area contributed by atoms with Gasteiger partial charge in [-0.2, -0.15) is 5.10 Å². The van der Waals surface area contributed by atoms with Crippen LogP contribution in [0.5, 0.6) is 0 Å². The summed E-state index contributed by atoms with van der Waals surface area (Å²) in [4.78, 5) is 24.0. The maximum Gasteiger partial charge on any atom is 0.307 e. The largest absolute Gasteiger partial charge is 0.481 e. The molecule has 21 heavy (non-hydrogen) atoms. The molecule has 1 amide bonds. The number of anilines is 1. The molecule has 0 aliphatic heterocycles. The molecule has 1 heterocycles. The maximum absolute atomic E-state index is 12.5. The zero-order chi connectivity index (χ0) is 15.1. The van der Waals surface area contributed by atoms with Crippen molar-refractivity contribution >= 4 is 17.6 Å². The van der Waals surface area contributed by atoms with E-state index in [1.165, 1.54) is 0 Å². The van der Waals surface area contributed by atoms with E-state index < -0.39 is 17.8 Å². The summed E-state index contributed by atoms with van der Waals surface area (Å²) < 4.78 is 1.80. The highest BCUT2D eigenvalue weighted by Crippen LogP contribution is 2.48. The molecule has 0 aromatic carbocycles. The molecule has 6 heteroatoms. The lowest BCUT2D eigenvalue weighted by Crippen LogP contribution is -2.36. The second kappa shape index (κ2) is 5.02. The van der Waals surface area contributed by atoms with Crippen molar-refractivity contribution in [2.24, 2.45) is 23.7 Å². The fourth-order valence-corrected chi connectivity index (χ4v) is 3.62. The second-order valence-corrected chi connectivity index (χ2v) is 5.79. The smallest absolute Gasteiger partial charge is 0.307 e. The number of hydrogen-bond donors (Lipinski definition) is 2. The normalized spacial score (nSPS) is 29.8. The molecule has 2 aliphatic rings. The topological polar surface area (TPSA) is 84.2 Å². The van der Waals surface area contributed by atoms with Crippen molar-refractivity contribution < 1.29 is 14.7 Å². The van der Waals surface area contributed by atoms with E-state index in [2.05, 4.69) is 10.4 Å². The van der Waals surface area contributed by atoms with Crippen LogP contribution < -0.4 is 5.32 Å². The zero-order valence-corrected chi connectivity index (χ0v) is 12.1. The van der Waals surface area contributed by atoms with Crippen molar-refractivity contribution in [3.05, 3.63) is 24.0 Å².